The fourth-order valence-electron chi connectivity index (χ4n) is 2.06. The van der Waals surface area contributed by atoms with E-state index in [4.69, 9.17) is 11.6 Å². The number of sulfone groups is 1. The number of ether oxygens (including phenoxy) is 1. The highest BCUT2D eigenvalue weighted by Crippen LogP contribution is 2.22. The molecule has 0 radical (unpaired) electrons. The van der Waals surface area contributed by atoms with Crippen LogP contribution in [-0.2, 0) is 19.4 Å². The molecule has 0 aliphatic rings. The van der Waals surface area contributed by atoms with Gasteiger partial charge in [0.05, 0.1) is 28.3 Å². The molecule has 6 nitrogen and oxygen atoms in total. The maximum absolute atomic E-state index is 12.2. The molecule has 0 unspecified atom stereocenters. The number of rotatable bonds is 6. The first kappa shape index (κ1) is 19.0. The van der Waals surface area contributed by atoms with Gasteiger partial charge in [0.15, 0.2) is 9.84 Å². The van der Waals surface area contributed by atoms with Crippen molar-refractivity contribution in [2.75, 3.05) is 18.2 Å². The highest BCUT2D eigenvalue weighted by Gasteiger charge is 2.19. The van der Waals surface area contributed by atoms with Crippen LogP contribution in [0.3, 0.4) is 0 Å². The zero-order valence-corrected chi connectivity index (χ0v) is 14.9. The number of hydrogen-bond donors (Lipinski definition) is 1. The van der Waals surface area contributed by atoms with E-state index in [9.17, 15) is 18.0 Å². The monoisotopic (exact) mass is 381 g/mol. The molecule has 0 aliphatic carbocycles. The maximum Gasteiger partial charge on any atom is 0.337 e. The van der Waals surface area contributed by atoms with Gasteiger partial charge in [-0.1, -0.05) is 23.7 Å². The molecule has 0 aliphatic heterocycles. The molecule has 2 aromatic carbocycles. The Morgan fingerprint density at radius 2 is 1.72 bits per heavy atom. The lowest BCUT2D eigenvalue weighted by atomic mass is 10.2. The second-order valence-electron chi connectivity index (χ2n) is 5.12. The second kappa shape index (κ2) is 8.13. The van der Waals surface area contributed by atoms with Gasteiger partial charge < -0.3 is 10.1 Å². The molecule has 0 heterocycles. The number of halogens is 1. The van der Waals surface area contributed by atoms with Crippen molar-refractivity contribution in [2.24, 2.45) is 0 Å². The third-order valence-electron chi connectivity index (χ3n) is 3.36. The summed E-state index contributed by atoms with van der Waals surface area (Å²) < 4.78 is 29.1. The smallest absolute Gasteiger partial charge is 0.337 e. The number of carbonyl (C=O) groups excluding carboxylic acids is 2. The fraction of sp³-hybridized carbons (Fsp3) is 0.176. The van der Waals surface area contributed by atoms with E-state index in [1.807, 2.05) is 0 Å². The second-order valence-corrected chi connectivity index (χ2v) is 7.60. The summed E-state index contributed by atoms with van der Waals surface area (Å²) in [5.74, 6) is -1.30. The lowest BCUT2D eigenvalue weighted by Gasteiger charge is -2.08. The molecular formula is C17H16ClNO5S. The Hall–Kier alpha value is -2.38. The minimum atomic E-state index is -3.65. The van der Waals surface area contributed by atoms with E-state index in [0.717, 1.165) is 0 Å². The van der Waals surface area contributed by atoms with Crippen molar-refractivity contribution < 1.29 is 22.7 Å². The van der Waals surface area contributed by atoms with Crippen LogP contribution in [0.2, 0.25) is 5.02 Å². The van der Waals surface area contributed by atoms with E-state index in [1.165, 1.54) is 43.5 Å². The van der Waals surface area contributed by atoms with Crippen molar-refractivity contribution in [2.45, 2.75) is 11.3 Å². The molecule has 0 bridgehead atoms. The van der Waals surface area contributed by atoms with E-state index in [1.54, 1.807) is 12.1 Å². The van der Waals surface area contributed by atoms with Gasteiger partial charge in [-0.3, -0.25) is 4.79 Å². The van der Waals surface area contributed by atoms with Crippen molar-refractivity contribution in [3.63, 3.8) is 0 Å². The van der Waals surface area contributed by atoms with Crippen LogP contribution in [0.15, 0.2) is 53.4 Å². The van der Waals surface area contributed by atoms with E-state index in [2.05, 4.69) is 10.1 Å². The van der Waals surface area contributed by atoms with E-state index in [-0.39, 0.29) is 22.1 Å². The first-order chi connectivity index (χ1) is 11.8. The molecule has 0 fully saturated rings. The molecule has 25 heavy (non-hydrogen) atoms. The number of carbonyl (C=O) groups is 2. The van der Waals surface area contributed by atoms with Crippen molar-refractivity contribution in [1.29, 1.82) is 0 Å². The Morgan fingerprint density at radius 3 is 2.32 bits per heavy atom. The number of anilines is 1. The molecule has 0 spiro atoms. The molecule has 0 saturated carbocycles. The van der Waals surface area contributed by atoms with E-state index in [0.29, 0.717) is 11.3 Å². The number of benzene rings is 2. The standard InChI is InChI=1S/C17H16ClNO5S/c1-24-17(21)12-6-8-13(9-7-12)19-16(20)10-11-25(22,23)15-5-3-2-4-14(15)18/h2-9H,10-11H2,1H3,(H,19,20). The topological polar surface area (TPSA) is 89.5 Å². The average molecular weight is 382 g/mol. The minimum absolute atomic E-state index is 0.00639. The van der Waals surface area contributed by atoms with E-state index >= 15 is 0 Å². The van der Waals surface area contributed by atoms with Crippen LogP contribution in [0.4, 0.5) is 5.69 Å². The van der Waals surface area contributed by atoms with Crippen LogP contribution < -0.4 is 5.32 Å². The van der Waals surface area contributed by atoms with Gasteiger partial charge in [0, 0.05) is 12.1 Å². The number of esters is 1. The predicted molar refractivity (Wildman–Crippen MR) is 94.5 cm³/mol. The quantitative estimate of drug-likeness (QED) is 0.777. The lowest BCUT2D eigenvalue weighted by molar-refractivity contribution is -0.115. The third-order valence-corrected chi connectivity index (χ3v) is 5.57. The van der Waals surface area contributed by atoms with Crippen LogP contribution in [0.5, 0.6) is 0 Å². The summed E-state index contributed by atoms with van der Waals surface area (Å²) in [4.78, 5) is 23.3. The van der Waals surface area contributed by atoms with Gasteiger partial charge in [0.2, 0.25) is 5.91 Å². The van der Waals surface area contributed by atoms with Crippen molar-refractivity contribution in [3.05, 3.63) is 59.1 Å². The SMILES string of the molecule is COC(=O)c1ccc(NC(=O)CCS(=O)(=O)c2ccccc2Cl)cc1. The summed E-state index contributed by atoms with van der Waals surface area (Å²) in [6.07, 6.45) is -0.216. The number of hydrogen-bond acceptors (Lipinski definition) is 5. The van der Waals surface area contributed by atoms with Gasteiger partial charge in [-0.05, 0) is 36.4 Å². The molecule has 132 valence electrons. The van der Waals surface area contributed by atoms with Crippen molar-refractivity contribution in [1.82, 2.24) is 0 Å². The molecule has 2 aromatic rings. The normalized spacial score (nSPS) is 11.0. The Kier molecular flexibility index (Phi) is 6.17. The van der Waals surface area contributed by atoms with Crippen molar-refractivity contribution in [3.8, 4) is 0 Å². The Balaban J connectivity index is 1.97. The summed E-state index contributed by atoms with van der Waals surface area (Å²) in [5, 5.41) is 2.70. The summed E-state index contributed by atoms with van der Waals surface area (Å²) in [6, 6.07) is 12.2. The highest BCUT2D eigenvalue weighted by molar-refractivity contribution is 7.91. The van der Waals surface area contributed by atoms with Crippen molar-refractivity contribution >= 4 is 39.0 Å². The Morgan fingerprint density at radius 1 is 1.08 bits per heavy atom. The van der Waals surface area contributed by atoms with Gasteiger partial charge in [0.1, 0.15) is 0 Å². The maximum atomic E-state index is 12.2. The zero-order valence-electron chi connectivity index (χ0n) is 13.4. The minimum Gasteiger partial charge on any atom is -0.465 e. The molecular weight excluding hydrogens is 366 g/mol. The summed E-state index contributed by atoms with van der Waals surface area (Å²) in [5.41, 5.74) is 0.801. The van der Waals surface area contributed by atoms with E-state index < -0.39 is 21.7 Å². The Bertz CT molecular complexity index is 878. The zero-order chi connectivity index (χ0) is 18.4. The number of methoxy groups -OCH3 is 1. The van der Waals surface area contributed by atoms with Gasteiger partial charge in [-0.25, -0.2) is 13.2 Å². The lowest BCUT2D eigenvalue weighted by Crippen LogP contribution is -2.17. The van der Waals surface area contributed by atoms with Crippen LogP contribution in [0.25, 0.3) is 0 Å². The summed E-state index contributed by atoms with van der Waals surface area (Å²) in [6.45, 7) is 0. The van der Waals surface area contributed by atoms with Gasteiger partial charge in [-0.15, -0.1) is 0 Å². The third kappa shape index (κ3) is 5.04. The number of nitrogens with one attached hydrogen (secondary N) is 1. The van der Waals surface area contributed by atoms with Crippen LogP contribution in [-0.4, -0.2) is 33.2 Å². The largest absolute Gasteiger partial charge is 0.465 e. The average Bonchev–Trinajstić information content (AvgIpc) is 2.60. The first-order valence-corrected chi connectivity index (χ1v) is 9.32. The summed E-state index contributed by atoms with van der Waals surface area (Å²) >= 11 is 5.89. The molecule has 8 heteroatoms. The van der Waals surface area contributed by atoms with Crippen LogP contribution in [0.1, 0.15) is 16.8 Å². The van der Waals surface area contributed by atoms with Gasteiger partial charge in [0.25, 0.3) is 0 Å². The summed E-state index contributed by atoms with van der Waals surface area (Å²) in [7, 11) is -2.38. The predicted octanol–water partition coefficient (Wildman–Crippen LogP) is 2.93. The molecule has 0 atom stereocenters. The van der Waals surface area contributed by atoms with Crippen LogP contribution in [0, 0.1) is 0 Å². The Labute approximate surface area is 150 Å². The van der Waals surface area contributed by atoms with Gasteiger partial charge in [-0.2, -0.15) is 0 Å². The molecule has 1 N–H and O–H groups in total. The van der Waals surface area contributed by atoms with Crippen LogP contribution >= 0.6 is 11.6 Å². The van der Waals surface area contributed by atoms with Gasteiger partial charge >= 0.3 is 5.97 Å². The molecule has 1 amide bonds. The molecule has 2 rings (SSSR count). The fourth-order valence-corrected chi connectivity index (χ4v) is 3.88. The highest BCUT2D eigenvalue weighted by atomic mass is 35.5. The molecule has 0 saturated heterocycles. The molecule has 0 aromatic heterocycles. The number of amides is 1. The first-order valence-electron chi connectivity index (χ1n) is 7.29.